The summed E-state index contributed by atoms with van der Waals surface area (Å²) >= 11 is 3.29. The fourth-order valence-corrected chi connectivity index (χ4v) is 13.3. The van der Waals surface area contributed by atoms with Crippen LogP contribution in [-0.4, -0.2) is 24.6 Å². The Labute approximate surface area is 270 Å². The molecule has 5 aromatic rings. The van der Waals surface area contributed by atoms with Gasteiger partial charge in [0.25, 0.3) is 0 Å². The molecule has 3 atom stereocenters. The number of Topliss-reactive ketones (excluding diaryl/α,β-unsaturated/α-hetero) is 2. The van der Waals surface area contributed by atoms with Gasteiger partial charge < -0.3 is 4.90 Å². The summed E-state index contributed by atoms with van der Waals surface area (Å²) < 4.78 is 1.07. The zero-order valence-electron chi connectivity index (χ0n) is 25.4. The van der Waals surface area contributed by atoms with Crippen LogP contribution >= 0.6 is 22.7 Å². The van der Waals surface area contributed by atoms with Crippen molar-refractivity contribution in [3.05, 3.63) is 121 Å². The molecule has 1 fully saturated rings. The molecule has 45 heavy (non-hydrogen) atoms. The third-order valence-corrected chi connectivity index (χ3v) is 16.2. The van der Waals surface area contributed by atoms with E-state index in [0.29, 0.717) is 5.57 Å². The van der Waals surface area contributed by atoms with Crippen molar-refractivity contribution < 1.29 is 9.59 Å². The largest absolute Gasteiger partial charge is 0.302 e. The Morgan fingerprint density at radius 2 is 1.71 bits per heavy atom. The molecule has 0 radical (unpaired) electrons. The minimum absolute atomic E-state index is 0.0808. The minimum Gasteiger partial charge on any atom is -0.302 e. The van der Waals surface area contributed by atoms with E-state index in [1.54, 1.807) is 22.7 Å². The van der Waals surface area contributed by atoms with Gasteiger partial charge in [-0.3, -0.25) is 14.6 Å². The Kier molecular flexibility index (Phi) is 5.41. The molecule has 2 aliphatic heterocycles. The maximum atomic E-state index is 14.0. The summed E-state index contributed by atoms with van der Waals surface area (Å²) in [6.45, 7) is 9.14. The predicted molar refractivity (Wildman–Crippen MR) is 188 cm³/mol. The molecule has 0 saturated heterocycles. The fraction of sp³-hybridized carbons (Fsp3) is 0.184. The lowest BCUT2D eigenvalue weighted by atomic mass is 9.69. The molecule has 7 heteroatoms. The van der Waals surface area contributed by atoms with E-state index >= 15 is 0 Å². The number of ketones is 2. The van der Waals surface area contributed by atoms with Crippen LogP contribution in [0.25, 0.3) is 18.2 Å². The number of anilines is 3. The van der Waals surface area contributed by atoms with Gasteiger partial charge in [-0.1, -0.05) is 61.6 Å². The van der Waals surface area contributed by atoms with Crippen LogP contribution in [0.15, 0.2) is 90.1 Å². The molecule has 2 aliphatic carbocycles. The summed E-state index contributed by atoms with van der Waals surface area (Å²) in [6.07, 6.45) is 9.64. The number of fused-ring (bicyclic) bond motifs is 6. The molecule has 2 aromatic carbocycles. The highest BCUT2D eigenvalue weighted by Crippen LogP contribution is 2.58. The molecule has 0 N–H and O–H groups in total. The van der Waals surface area contributed by atoms with E-state index in [-0.39, 0.29) is 11.6 Å². The Morgan fingerprint density at radius 1 is 0.933 bits per heavy atom. The summed E-state index contributed by atoms with van der Waals surface area (Å²) in [5, 5.41) is 7.05. The quantitative estimate of drug-likeness (QED) is 0.137. The van der Waals surface area contributed by atoms with E-state index in [4.69, 9.17) is 0 Å². The topological polar surface area (TPSA) is 50.3 Å². The van der Waals surface area contributed by atoms with Gasteiger partial charge in [0.1, 0.15) is 13.1 Å². The maximum absolute atomic E-state index is 14.0. The Morgan fingerprint density at radius 3 is 2.53 bits per heavy atom. The Bertz CT molecular complexity index is 2300. The predicted octanol–water partition coefficient (Wildman–Crippen LogP) is 5.91. The lowest BCUT2D eigenvalue weighted by Gasteiger charge is -2.48. The van der Waals surface area contributed by atoms with Gasteiger partial charge in [0, 0.05) is 38.5 Å². The molecule has 220 valence electrons. The number of carbonyl (C=O) groups is 2. The van der Waals surface area contributed by atoms with Gasteiger partial charge in [-0.15, -0.1) is 22.7 Å². The van der Waals surface area contributed by atoms with Crippen molar-refractivity contribution >= 4 is 87.3 Å². The molecule has 0 spiro atoms. The van der Waals surface area contributed by atoms with Gasteiger partial charge in [-0.25, -0.2) is 0 Å². The third kappa shape index (κ3) is 3.38. The normalized spacial score (nSPS) is 25.9. The first-order valence-electron chi connectivity index (χ1n) is 15.3. The average Bonchev–Trinajstić information content (AvgIpc) is 3.73. The van der Waals surface area contributed by atoms with Crippen LogP contribution in [-0.2, 0) is 15.0 Å². The second kappa shape index (κ2) is 8.97. The van der Waals surface area contributed by atoms with E-state index in [1.807, 2.05) is 49.0 Å². The highest BCUT2D eigenvalue weighted by molar-refractivity contribution is 7.17. The Hall–Kier alpha value is -4.17. The highest BCUT2D eigenvalue weighted by Gasteiger charge is 2.54. The lowest BCUT2D eigenvalue weighted by Crippen LogP contribution is -2.59. The molecule has 4 aliphatic rings. The van der Waals surface area contributed by atoms with Crippen LogP contribution in [0.3, 0.4) is 0 Å². The lowest BCUT2D eigenvalue weighted by molar-refractivity contribution is -0.120. The van der Waals surface area contributed by atoms with Gasteiger partial charge >= 0.3 is 0 Å². The van der Waals surface area contributed by atoms with Crippen LogP contribution in [0.2, 0.25) is 13.1 Å². The molecule has 4 nitrogen and oxygen atoms in total. The smallest absolute Gasteiger partial charge is 0.177 e. The Balaban J connectivity index is 1.29. The van der Waals surface area contributed by atoms with E-state index < -0.39 is 24.8 Å². The van der Waals surface area contributed by atoms with Crippen LogP contribution in [0.4, 0.5) is 16.4 Å². The van der Waals surface area contributed by atoms with Crippen LogP contribution in [0.5, 0.6) is 0 Å². The van der Waals surface area contributed by atoms with Crippen LogP contribution in [0, 0.1) is 11.3 Å². The molecule has 9 rings (SSSR count). The molecule has 5 heterocycles. The first-order valence-corrected chi connectivity index (χ1v) is 20.0. The van der Waals surface area contributed by atoms with Crippen molar-refractivity contribution in [3.8, 4) is 0 Å². The number of thiophene rings is 2. The van der Waals surface area contributed by atoms with Crippen molar-refractivity contribution in [3.63, 3.8) is 0 Å². The fourth-order valence-electron chi connectivity index (χ4n) is 8.23. The zero-order valence-corrected chi connectivity index (χ0v) is 28.1. The number of carbonyl (C=O) groups excluding carboxylic acids is 2. The summed E-state index contributed by atoms with van der Waals surface area (Å²) in [4.78, 5) is 35.7. The van der Waals surface area contributed by atoms with Gasteiger partial charge in [0.2, 0.25) is 0 Å². The molecule has 3 unspecified atom stereocenters. The minimum atomic E-state index is -2.02. The number of pyridine rings is 1. The first-order chi connectivity index (χ1) is 21.6. The molecule has 1 saturated carbocycles. The van der Waals surface area contributed by atoms with Gasteiger partial charge in [-0.05, 0) is 82.4 Å². The molecular formula is C38H30N2O2S2Si. The summed E-state index contributed by atoms with van der Waals surface area (Å²) in [7, 11) is -2.02. The van der Waals surface area contributed by atoms with Gasteiger partial charge in [0.15, 0.2) is 11.6 Å². The van der Waals surface area contributed by atoms with Crippen LogP contribution in [0.1, 0.15) is 35.4 Å². The van der Waals surface area contributed by atoms with Crippen molar-refractivity contribution in [1.82, 2.24) is 4.98 Å². The summed E-state index contributed by atoms with van der Waals surface area (Å²) in [5.74, 6) is -0.634. The monoisotopic (exact) mass is 638 g/mol. The van der Waals surface area contributed by atoms with Crippen molar-refractivity contribution in [2.75, 3.05) is 4.90 Å². The maximum Gasteiger partial charge on any atom is 0.177 e. The van der Waals surface area contributed by atoms with E-state index in [2.05, 4.69) is 90.6 Å². The standard InChI is InChI=1S/C38H30N2O2S2Si/c1-37-21-22-14-17-43-30(22)20-27(37)34(41)25(35(37)42)18-24-19-28-36(44-24)40-29-9-5-6-10-31(29)45(3,4)32-11-7-8-26(33(32)40)38(28,2)23-12-15-39-16-13-23/h5-21,27H,1-4H3/b25-18+. The second-order valence-electron chi connectivity index (χ2n) is 13.5. The second-order valence-corrected chi connectivity index (χ2v) is 19.8. The molecule has 3 aromatic heterocycles. The van der Waals surface area contributed by atoms with E-state index in [1.165, 1.54) is 38.4 Å². The number of nitrogens with zero attached hydrogens (tertiary/aromatic N) is 2. The number of rotatable bonds is 2. The molecule has 0 bridgehead atoms. The zero-order chi connectivity index (χ0) is 30.9. The molecule has 0 amide bonds. The van der Waals surface area contributed by atoms with Gasteiger partial charge in [0.05, 0.1) is 22.6 Å². The number of para-hydroxylation sites is 2. The summed E-state index contributed by atoms with van der Waals surface area (Å²) in [5.41, 5.74) is 5.12. The van der Waals surface area contributed by atoms with Crippen LogP contribution < -0.4 is 25.0 Å². The van der Waals surface area contributed by atoms with Gasteiger partial charge in [-0.2, -0.15) is 0 Å². The molecular weight excluding hydrogens is 609 g/mol. The summed E-state index contributed by atoms with van der Waals surface area (Å²) in [6, 6.07) is 24.2. The third-order valence-electron chi connectivity index (χ3n) is 10.7. The van der Waals surface area contributed by atoms with E-state index in [9.17, 15) is 9.59 Å². The van der Waals surface area contributed by atoms with Crippen molar-refractivity contribution in [2.24, 2.45) is 11.3 Å². The first kappa shape index (κ1) is 27.2. The number of hydrogen-bond acceptors (Lipinski definition) is 6. The van der Waals surface area contributed by atoms with Crippen molar-refractivity contribution in [2.45, 2.75) is 32.4 Å². The van der Waals surface area contributed by atoms with E-state index in [0.717, 1.165) is 19.6 Å². The SMILES string of the molecule is CC1(c2ccncc2)c2cc(/C=C3\C(=O)C4C=c5sccc5=CC4(C)C3=O)sc2N2c3ccccc3[Si](C)(C)c3cccc1c32. The number of aromatic nitrogens is 1. The highest BCUT2D eigenvalue weighted by atomic mass is 32.1. The number of allylic oxidation sites excluding steroid dienone is 1. The number of benzene rings is 2. The number of hydrogen-bond donors (Lipinski definition) is 0. The van der Waals surface area contributed by atoms with Crippen molar-refractivity contribution in [1.29, 1.82) is 0 Å². The average molecular weight is 639 g/mol.